The molecule has 0 spiro atoms. The Morgan fingerprint density at radius 2 is 2.00 bits per heavy atom. The van der Waals surface area contributed by atoms with Gasteiger partial charge in [0, 0.05) is 48.5 Å². The van der Waals surface area contributed by atoms with Gasteiger partial charge in [-0.2, -0.15) is 0 Å². The number of aromatic hydroxyl groups is 1. The number of rotatable bonds is 4. The van der Waals surface area contributed by atoms with Gasteiger partial charge in [-0.15, -0.1) is 0 Å². The molecule has 0 amide bonds. The predicted octanol–water partition coefficient (Wildman–Crippen LogP) is 3.67. The summed E-state index contributed by atoms with van der Waals surface area (Å²) in [7, 11) is 0. The highest BCUT2D eigenvalue weighted by Crippen LogP contribution is 2.52. The monoisotopic (exact) mass is 433 g/mol. The Morgan fingerprint density at radius 1 is 1.19 bits per heavy atom. The Kier molecular flexibility index (Phi) is 4.20. The van der Waals surface area contributed by atoms with Crippen molar-refractivity contribution in [3.8, 4) is 5.75 Å². The first-order valence-corrected chi connectivity index (χ1v) is 11.4. The van der Waals surface area contributed by atoms with Gasteiger partial charge in [-0.25, -0.2) is 0 Å². The minimum atomic E-state index is -1.03. The van der Waals surface area contributed by atoms with E-state index in [4.69, 9.17) is 0 Å². The molecule has 2 fully saturated rings. The molecule has 0 unspecified atom stereocenters. The van der Waals surface area contributed by atoms with E-state index in [1.807, 2.05) is 18.2 Å². The number of phenolic OH excluding ortho intramolecular Hbond substituents is 1. The summed E-state index contributed by atoms with van der Waals surface area (Å²) in [5, 5.41) is 35.0. The van der Waals surface area contributed by atoms with Crippen molar-refractivity contribution in [2.45, 2.75) is 43.1 Å². The van der Waals surface area contributed by atoms with Gasteiger partial charge in [0.1, 0.15) is 11.3 Å². The van der Waals surface area contributed by atoms with Crippen LogP contribution in [0.3, 0.4) is 0 Å². The number of H-pyrrole nitrogens is 1. The van der Waals surface area contributed by atoms with Gasteiger partial charge in [0.2, 0.25) is 0 Å². The van der Waals surface area contributed by atoms with Gasteiger partial charge in [0.25, 0.3) is 5.69 Å². The van der Waals surface area contributed by atoms with Crippen LogP contribution in [0.2, 0.25) is 0 Å². The van der Waals surface area contributed by atoms with E-state index >= 15 is 0 Å². The fourth-order valence-corrected chi connectivity index (χ4v) is 6.21. The molecule has 0 bridgehead atoms. The van der Waals surface area contributed by atoms with Crippen LogP contribution >= 0.6 is 0 Å². The summed E-state index contributed by atoms with van der Waals surface area (Å²) in [6, 6.07) is 12.4. The number of non-ortho nitro benzene ring substituents is 1. The maximum Gasteiger partial charge on any atom is 0.293 e. The highest BCUT2D eigenvalue weighted by Gasteiger charge is 2.58. The first-order chi connectivity index (χ1) is 15.4. The first kappa shape index (κ1) is 19.8. The molecule has 3 N–H and O–H groups in total. The van der Waals surface area contributed by atoms with Crippen molar-refractivity contribution in [1.82, 2.24) is 9.88 Å². The second kappa shape index (κ2) is 6.80. The number of nitrogens with zero attached hydrogens (tertiary/aromatic N) is 2. The summed E-state index contributed by atoms with van der Waals surface area (Å²) in [6.45, 7) is 2.48. The largest absolute Gasteiger partial charge is 0.508 e. The number of nitrogens with one attached hydrogen (secondary N) is 1. The van der Waals surface area contributed by atoms with Gasteiger partial charge in [-0.1, -0.05) is 24.3 Å². The summed E-state index contributed by atoms with van der Waals surface area (Å²) < 4.78 is 0. The highest BCUT2D eigenvalue weighted by atomic mass is 16.6. The van der Waals surface area contributed by atoms with Crippen molar-refractivity contribution in [1.29, 1.82) is 0 Å². The van der Waals surface area contributed by atoms with Crippen molar-refractivity contribution in [3.05, 3.63) is 69.4 Å². The molecule has 1 aromatic heterocycles. The van der Waals surface area contributed by atoms with Gasteiger partial charge < -0.3 is 20.1 Å². The van der Waals surface area contributed by atoms with Gasteiger partial charge in [0.05, 0.1) is 10.5 Å². The van der Waals surface area contributed by atoms with E-state index in [9.17, 15) is 20.3 Å². The van der Waals surface area contributed by atoms with Crippen molar-refractivity contribution in [3.63, 3.8) is 0 Å². The SMILES string of the molecule is O=[N+]([O-])c1cccc2c3c([nH]c12)C[C@]1(c2cccc(O)c2)CCN(CC2CC2)C[C@@]1(O)C3. The number of β-amino-alcohol motifs (C(OH)–C–C–N with tert-alkyl or cyclic N) is 1. The molecule has 7 heteroatoms. The van der Waals surface area contributed by atoms with Crippen LogP contribution in [-0.4, -0.2) is 50.3 Å². The summed E-state index contributed by atoms with van der Waals surface area (Å²) >= 11 is 0. The molecule has 0 radical (unpaired) electrons. The molecule has 2 atom stereocenters. The minimum absolute atomic E-state index is 0.0635. The topological polar surface area (TPSA) is 103 Å². The third kappa shape index (κ3) is 2.88. The molecule has 1 saturated heterocycles. The lowest BCUT2D eigenvalue weighted by Gasteiger charge is -2.56. The van der Waals surface area contributed by atoms with Crippen LogP contribution in [-0.2, 0) is 18.3 Å². The highest BCUT2D eigenvalue weighted by molar-refractivity contribution is 5.92. The lowest BCUT2D eigenvalue weighted by atomic mass is 9.56. The summed E-state index contributed by atoms with van der Waals surface area (Å²) in [4.78, 5) is 17.0. The number of fused-ring (bicyclic) bond motifs is 4. The van der Waals surface area contributed by atoms with Crippen LogP contribution in [0.25, 0.3) is 10.9 Å². The minimum Gasteiger partial charge on any atom is -0.508 e. The Morgan fingerprint density at radius 3 is 2.75 bits per heavy atom. The molecule has 2 aromatic carbocycles. The smallest absolute Gasteiger partial charge is 0.293 e. The molecule has 1 saturated carbocycles. The Balaban J connectivity index is 1.51. The maximum atomic E-state index is 12.3. The number of hydrogen-bond donors (Lipinski definition) is 3. The van der Waals surface area contributed by atoms with Gasteiger partial charge in [0.15, 0.2) is 0 Å². The van der Waals surface area contributed by atoms with Crippen molar-refractivity contribution >= 4 is 16.6 Å². The van der Waals surface area contributed by atoms with Crippen LogP contribution in [0.15, 0.2) is 42.5 Å². The van der Waals surface area contributed by atoms with E-state index in [0.29, 0.717) is 24.9 Å². The fourth-order valence-electron chi connectivity index (χ4n) is 6.21. The summed E-state index contributed by atoms with van der Waals surface area (Å²) in [5.74, 6) is 0.930. The maximum absolute atomic E-state index is 12.3. The Hall–Kier alpha value is -2.90. The molecule has 32 heavy (non-hydrogen) atoms. The molecule has 3 aromatic rings. The van der Waals surface area contributed by atoms with Crippen LogP contribution in [0.5, 0.6) is 5.75 Å². The van der Waals surface area contributed by atoms with Crippen LogP contribution in [0.4, 0.5) is 5.69 Å². The van der Waals surface area contributed by atoms with E-state index in [-0.39, 0.29) is 16.4 Å². The number of para-hydroxylation sites is 1. The number of benzene rings is 2. The molecule has 3 aliphatic rings. The average Bonchev–Trinajstić information content (AvgIpc) is 3.50. The van der Waals surface area contributed by atoms with Crippen LogP contribution in [0, 0.1) is 16.0 Å². The zero-order valence-electron chi connectivity index (χ0n) is 17.9. The molecule has 2 aliphatic carbocycles. The van der Waals surface area contributed by atoms with E-state index in [2.05, 4.69) is 9.88 Å². The number of nitro groups is 1. The van der Waals surface area contributed by atoms with Crippen molar-refractivity contribution in [2.75, 3.05) is 19.6 Å². The van der Waals surface area contributed by atoms with Crippen molar-refractivity contribution < 1.29 is 15.1 Å². The van der Waals surface area contributed by atoms with Crippen LogP contribution < -0.4 is 0 Å². The molecular weight excluding hydrogens is 406 g/mol. The van der Waals surface area contributed by atoms with E-state index in [1.165, 1.54) is 18.9 Å². The second-order valence-electron chi connectivity index (χ2n) is 9.98. The standard InChI is InChI=1S/C25H27N3O4/c29-18-4-1-3-17(11-18)24-9-10-27(14-16-7-8-16)15-25(24,30)12-20-19-5-2-6-22(28(31)32)23(19)26-21(20)13-24/h1-6,11,16,26,29-30H,7-10,12-15H2/t24-,25-/m0/s1. The van der Waals surface area contributed by atoms with E-state index in [0.717, 1.165) is 47.6 Å². The summed E-state index contributed by atoms with van der Waals surface area (Å²) in [6.07, 6.45) is 4.30. The lowest BCUT2D eigenvalue weighted by molar-refractivity contribution is -0.383. The van der Waals surface area contributed by atoms with Gasteiger partial charge in [-0.05, 0) is 55.0 Å². The molecule has 166 valence electrons. The number of aliphatic hydroxyl groups is 1. The Bertz CT molecular complexity index is 1230. The number of aromatic nitrogens is 1. The number of likely N-dealkylation sites (tertiary alicyclic amines) is 1. The first-order valence-electron chi connectivity index (χ1n) is 11.4. The summed E-state index contributed by atoms with van der Waals surface area (Å²) in [5.41, 5.74) is 1.88. The second-order valence-corrected chi connectivity index (χ2v) is 9.98. The average molecular weight is 434 g/mol. The van der Waals surface area contributed by atoms with E-state index < -0.39 is 11.0 Å². The number of phenols is 1. The number of hydrogen-bond acceptors (Lipinski definition) is 5. The van der Waals surface area contributed by atoms with Crippen LogP contribution in [0.1, 0.15) is 36.1 Å². The molecule has 1 aliphatic heterocycles. The molecule has 6 rings (SSSR count). The molecular formula is C25H27N3O4. The lowest BCUT2D eigenvalue weighted by Crippen LogP contribution is -2.66. The van der Waals surface area contributed by atoms with Crippen molar-refractivity contribution in [2.24, 2.45) is 5.92 Å². The number of nitro benzene ring substituents is 1. The van der Waals surface area contributed by atoms with Gasteiger partial charge in [-0.3, -0.25) is 10.1 Å². The predicted molar refractivity (Wildman–Crippen MR) is 121 cm³/mol. The fraction of sp³-hybridized carbons (Fsp3) is 0.440. The zero-order valence-corrected chi connectivity index (χ0v) is 17.9. The third-order valence-corrected chi connectivity index (χ3v) is 8.00. The number of aromatic amines is 1. The zero-order chi connectivity index (χ0) is 22.1. The van der Waals surface area contributed by atoms with E-state index in [1.54, 1.807) is 18.2 Å². The number of piperidine rings is 1. The normalized spacial score (nSPS) is 27.8. The third-order valence-electron chi connectivity index (χ3n) is 8.00. The van der Waals surface area contributed by atoms with Gasteiger partial charge >= 0.3 is 0 Å². The molecule has 7 nitrogen and oxygen atoms in total. The Labute approximate surface area is 185 Å². The molecule has 2 heterocycles. The quantitative estimate of drug-likeness (QED) is 0.430.